The van der Waals surface area contributed by atoms with Crippen molar-refractivity contribution >= 4 is 0 Å². The molecule has 1 nitrogen and oxygen atoms in total. The third-order valence-electron chi connectivity index (χ3n) is 1.70. The molecule has 1 heterocycles. The van der Waals surface area contributed by atoms with Gasteiger partial charge >= 0.3 is 0 Å². The highest BCUT2D eigenvalue weighted by molar-refractivity contribution is 5.61. The van der Waals surface area contributed by atoms with Crippen molar-refractivity contribution in [2.45, 2.75) is 0 Å². The van der Waals surface area contributed by atoms with Crippen LogP contribution in [0.3, 0.4) is 0 Å². The smallest absolute Gasteiger partial charge is 0.159 e. The highest BCUT2D eigenvalue weighted by atomic mass is 19.2. The first-order valence-corrected chi connectivity index (χ1v) is 3.66. The molecule has 0 aliphatic carbocycles. The maximum absolute atomic E-state index is 12.8. The summed E-state index contributed by atoms with van der Waals surface area (Å²) >= 11 is 0. The van der Waals surface area contributed by atoms with E-state index >= 15 is 0 Å². The van der Waals surface area contributed by atoms with Gasteiger partial charge in [0.1, 0.15) is 0 Å². The van der Waals surface area contributed by atoms with Gasteiger partial charge in [0, 0.05) is 11.6 Å². The molecule has 0 unspecified atom stereocenters. The van der Waals surface area contributed by atoms with Crippen LogP contribution in [-0.2, 0) is 0 Å². The lowest BCUT2D eigenvalue weighted by Gasteiger charge is -1.96. The van der Waals surface area contributed by atoms with Crippen molar-refractivity contribution < 1.29 is 13.2 Å². The molecule has 0 amide bonds. The summed E-state index contributed by atoms with van der Waals surface area (Å²) in [6.45, 7) is 0. The second-order valence-corrected chi connectivity index (χ2v) is 2.56. The van der Waals surface area contributed by atoms with E-state index in [1.165, 1.54) is 18.6 Å². The first kappa shape index (κ1) is 7.98. The van der Waals surface area contributed by atoms with Crippen molar-refractivity contribution in [1.82, 2.24) is 0 Å². The standard InChI is InChI=1S/C10H5F2O/c11-9-2-1-7(5-10(9)12)8-3-4-13-6-8/h1-2,4-6H. The molecule has 0 fully saturated rings. The molecule has 1 aromatic carbocycles. The Bertz CT molecular complexity index is 407. The molecule has 0 aliphatic rings. The summed E-state index contributed by atoms with van der Waals surface area (Å²) in [5.41, 5.74) is 1.16. The van der Waals surface area contributed by atoms with E-state index in [1.54, 1.807) is 0 Å². The molecule has 1 aromatic heterocycles. The van der Waals surface area contributed by atoms with E-state index in [2.05, 4.69) is 6.07 Å². The van der Waals surface area contributed by atoms with Crippen molar-refractivity contribution in [1.29, 1.82) is 0 Å². The van der Waals surface area contributed by atoms with Crippen LogP contribution in [-0.4, -0.2) is 0 Å². The lowest BCUT2D eigenvalue weighted by molar-refractivity contribution is 0.509. The molecular weight excluding hydrogens is 174 g/mol. The first-order valence-electron chi connectivity index (χ1n) is 3.66. The molecule has 1 radical (unpaired) electrons. The lowest BCUT2D eigenvalue weighted by Crippen LogP contribution is -1.83. The summed E-state index contributed by atoms with van der Waals surface area (Å²) in [4.78, 5) is 0. The number of hydrogen-bond acceptors (Lipinski definition) is 1. The topological polar surface area (TPSA) is 13.1 Å². The second kappa shape index (κ2) is 3.01. The molecule has 3 heteroatoms. The summed E-state index contributed by atoms with van der Waals surface area (Å²) in [7, 11) is 0. The van der Waals surface area contributed by atoms with Gasteiger partial charge in [-0.3, -0.25) is 0 Å². The summed E-state index contributed by atoms with van der Waals surface area (Å²) in [5, 5.41) is 0. The van der Waals surface area contributed by atoms with Crippen LogP contribution < -0.4 is 0 Å². The molecule has 0 saturated carbocycles. The average Bonchev–Trinajstić information content (AvgIpc) is 2.62. The minimum Gasteiger partial charge on any atom is -0.471 e. The van der Waals surface area contributed by atoms with Gasteiger partial charge in [0.25, 0.3) is 0 Å². The van der Waals surface area contributed by atoms with Crippen molar-refractivity contribution in [3.8, 4) is 11.1 Å². The highest BCUT2D eigenvalue weighted by Crippen LogP contribution is 2.20. The Labute approximate surface area is 73.6 Å². The van der Waals surface area contributed by atoms with E-state index in [0.29, 0.717) is 11.1 Å². The van der Waals surface area contributed by atoms with Crippen LogP contribution in [0.2, 0.25) is 0 Å². The maximum atomic E-state index is 12.8. The molecule has 0 N–H and O–H groups in total. The molecule has 65 valence electrons. The van der Waals surface area contributed by atoms with Crippen LogP contribution in [0.1, 0.15) is 0 Å². The zero-order valence-electron chi connectivity index (χ0n) is 6.55. The van der Waals surface area contributed by atoms with Gasteiger partial charge in [-0.25, -0.2) is 8.78 Å². The second-order valence-electron chi connectivity index (χ2n) is 2.56. The molecule has 0 saturated heterocycles. The summed E-state index contributed by atoms with van der Waals surface area (Å²) < 4.78 is 30.1. The van der Waals surface area contributed by atoms with Crippen LogP contribution in [0.5, 0.6) is 0 Å². The van der Waals surface area contributed by atoms with E-state index < -0.39 is 11.6 Å². The Morgan fingerprint density at radius 2 is 2.00 bits per heavy atom. The van der Waals surface area contributed by atoms with Crippen LogP contribution in [0, 0.1) is 17.7 Å². The van der Waals surface area contributed by atoms with E-state index in [9.17, 15) is 8.78 Å². The maximum Gasteiger partial charge on any atom is 0.159 e. The van der Waals surface area contributed by atoms with E-state index in [1.807, 2.05) is 0 Å². The Balaban J connectivity index is 2.49. The fourth-order valence-electron chi connectivity index (χ4n) is 1.05. The van der Waals surface area contributed by atoms with Crippen LogP contribution >= 0.6 is 0 Å². The zero-order chi connectivity index (χ0) is 9.26. The minimum absolute atomic E-state index is 0.549. The van der Waals surface area contributed by atoms with Gasteiger partial charge in [-0.1, -0.05) is 6.07 Å². The first-order chi connectivity index (χ1) is 6.27. The van der Waals surface area contributed by atoms with Gasteiger partial charge in [0.2, 0.25) is 0 Å². The number of halogens is 2. The Morgan fingerprint density at radius 1 is 1.15 bits per heavy atom. The van der Waals surface area contributed by atoms with Crippen LogP contribution in [0.25, 0.3) is 11.1 Å². The molecular formula is C10H5F2O. The van der Waals surface area contributed by atoms with Crippen molar-refractivity contribution in [3.63, 3.8) is 0 Å². The van der Waals surface area contributed by atoms with Crippen molar-refractivity contribution in [2.75, 3.05) is 0 Å². The molecule has 2 rings (SSSR count). The van der Waals surface area contributed by atoms with E-state index in [0.717, 1.165) is 12.1 Å². The fourth-order valence-corrected chi connectivity index (χ4v) is 1.05. The average molecular weight is 179 g/mol. The third-order valence-corrected chi connectivity index (χ3v) is 1.70. The predicted octanol–water partition coefficient (Wildman–Crippen LogP) is 3.02. The van der Waals surface area contributed by atoms with Gasteiger partial charge < -0.3 is 4.42 Å². The van der Waals surface area contributed by atoms with Gasteiger partial charge in [0.05, 0.1) is 12.5 Å². The number of hydrogen-bond donors (Lipinski definition) is 0. The molecule has 0 atom stereocenters. The van der Waals surface area contributed by atoms with Gasteiger partial charge in [0.15, 0.2) is 11.6 Å². The number of rotatable bonds is 1. The quantitative estimate of drug-likeness (QED) is 0.655. The number of benzene rings is 1. The van der Waals surface area contributed by atoms with Gasteiger partial charge in [-0.2, -0.15) is 0 Å². The fraction of sp³-hybridized carbons (Fsp3) is 0. The molecule has 2 aromatic rings. The zero-order valence-corrected chi connectivity index (χ0v) is 6.55. The Hall–Kier alpha value is -1.64. The van der Waals surface area contributed by atoms with Gasteiger partial charge in [-0.15, -0.1) is 0 Å². The predicted molar refractivity (Wildman–Crippen MR) is 42.9 cm³/mol. The highest BCUT2D eigenvalue weighted by Gasteiger charge is 2.04. The van der Waals surface area contributed by atoms with Crippen LogP contribution in [0.4, 0.5) is 8.78 Å². The minimum atomic E-state index is -0.868. The molecule has 0 spiro atoms. The Morgan fingerprint density at radius 3 is 2.62 bits per heavy atom. The molecule has 0 bridgehead atoms. The van der Waals surface area contributed by atoms with Crippen molar-refractivity contribution in [2.24, 2.45) is 0 Å². The van der Waals surface area contributed by atoms with Crippen LogP contribution in [0.15, 0.2) is 35.1 Å². The monoisotopic (exact) mass is 179 g/mol. The number of furan rings is 1. The lowest BCUT2D eigenvalue weighted by atomic mass is 10.1. The third kappa shape index (κ3) is 1.45. The van der Waals surface area contributed by atoms with E-state index in [-0.39, 0.29) is 0 Å². The summed E-state index contributed by atoms with van der Waals surface area (Å²) in [6.07, 6.45) is 2.78. The van der Waals surface area contributed by atoms with Crippen molar-refractivity contribution in [3.05, 3.63) is 48.4 Å². The van der Waals surface area contributed by atoms with E-state index in [4.69, 9.17) is 4.42 Å². The largest absolute Gasteiger partial charge is 0.471 e. The molecule has 0 aliphatic heterocycles. The molecule has 13 heavy (non-hydrogen) atoms. The normalized spacial score (nSPS) is 10.3. The summed E-state index contributed by atoms with van der Waals surface area (Å²) in [6, 6.07) is 6.40. The summed E-state index contributed by atoms with van der Waals surface area (Å²) in [5.74, 6) is -1.72. The van der Waals surface area contributed by atoms with Gasteiger partial charge in [-0.05, 0) is 17.7 Å². The Kier molecular flexibility index (Phi) is 1.85. The SMILES string of the molecule is Fc1ccc(-c2[c]coc2)cc1F.